The van der Waals surface area contributed by atoms with Crippen LogP contribution in [-0.2, 0) is 18.3 Å². The number of hydrogen-bond acceptors (Lipinski definition) is 8. The Bertz CT molecular complexity index is 1730. The maximum absolute atomic E-state index is 12.7. The summed E-state index contributed by atoms with van der Waals surface area (Å²) in [6.07, 6.45) is 6.64. The molecule has 0 amide bonds. The van der Waals surface area contributed by atoms with Crippen molar-refractivity contribution in [2.75, 3.05) is 20.8 Å². The van der Waals surface area contributed by atoms with Gasteiger partial charge in [-0.3, -0.25) is 4.79 Å². The van der Waals surface area contributed by atoms with Gasteiger partial charge in [-0.1, -0.05) is 23.7 Å². The van der Waals surface area contributed by atoms with Crippen molar-refractivity contribution in [3.05, 3.63) is 59.1 Å². The second kappa shape index (κ2) is 11.0. The van der Waals surface area contributed by atoms with Crippen molar-refractivity contribution in [3.8, 4) is 34.3 Å². The molecule has 1 aliphatic rings. The van der Waals surface area contributed by atoms with Crippen LogP contribution in [0.2, 0.25) is 5.02 Å². The minimum atomic E-state index is -0.192. The van der Waals surface area contributed by atoms with E-state index in [4.69, 9.17) is 40.9 Å². The van der Waals surface area contributed by atoms with Crippen LogP contribution in [0.1, 0.15) is 48.6 Å². The molecule has 4 aromatic heterocycles. The van der Waals surface area contributed by atoms with Crippen LogP contribution in [-0.4, -0.2) is 60.7 Å². The predicted octanol–water partition coefficient (Wildman–Crippen LogP) is 5.32. The van der Waals surface area contributed by atoms with Gasteiger partial charge in [-0.25, -0.2) is 19.3 Å². The highest BCUT2D eigenvalue weighted by Gasteiger charge is 2.28. The predicted molar refractivity (Wildman–Crippen MR) is 153 cm³/mol. The summed E-state index contributed by atoms with van der Waals surface area (Å²) in [6, 6.07) is 9.43. The highest BCUT2D eigenvalue weighted by Crippen LogP contribution is 2.41. The van der Waals surface area contributed by atoms with E-state index in [1.165, 1.54) is 14.0 Å². The fourth-order valence-corrected chi connectivity index (χ4v) is 5.48. The fourth-order valence-electron chi connectivity index (χ4n) is 5.25. The van der Waals surface area contributed by atoms with Gasteiger partial charge in [0.05, 0.1) is 38.2 Å². The average Bonchev–Trinajstić information content (AvgIpc) is 3.70. The van der Waals surface area contributed by atoms with Gasteiger partial charge in [-0.2, -0.15) is 5.10 Å². The molecule has 0 bridgehead atoms. The molecule has 5 heterocycles. The Morgan fingerprint density at radius 3 is 2.63 bits per heavy atom. The fraction of sp³-hybridized carbons (Fsp3) is 0.345. The molecule has 0 aliphatic carbocycles. The molecule has 1 atom stereocenters. The number of methoxy groups -OCH3 is 2. The molecule has 1 unspecified atom stereocenters. The van der Waals surface area contributed by atoms with Gasteiger partial charge in [0, 0.05) is 37.9 Å². The molecule has 11 nitrogen and oxygen atoms in total. The molecule has 5 aromatic rings. The first-order valence-electron chi connectivity index (χ1n) is 13.4. The van der Waals surface area contributed by atoms with Crippen molar-refractivity contribution >= 4 is 28.4 Å². The number of fused-ring (bicyclic) bond motifs is 1. The number of carbonyl (C=O) groups excluding carboxylic acids is 1. The van der Waals surface area contributed by atoms with Crippen LogP contribution < -0.4 is 9.47 Å². The third-order valence-corrected chi connectivity index (χ3v) is 7.59. The molecule has 12 heteroatoms. The zero-order valence-electron chi connectivity index (χ0n) is 23.3. The lowest BCUT2D eigenvalue weighted by atomic mass is 10.1. The summed E-state index contributed by atoms with van der Waals surface area (Å²) in [6.45, 7) is 2.56. The summed E-state index contributed by atoms with van der Waals surface area (Å²) in [5.41, 5.74) is 4.62. The molecule has 0 spiro atoms. The number of Topliss-reactive ketones (excluding diaryl/α,β-unsaturated/α-hetero) is 1. The van der Waals surface area contributed by atoms with E-state index in [0.717, 1.165) is 47.2 Å². The molecular weight excluding hydrogens is 546 g/mol. The largest absolute Gasteiger partial charge is 0.497 e. The second-order valence-corrected chi connectivity index (χ2v) is 10.4. The third-order valence-electron chi connectivity index (χ3n) is 7.32. The summed E-state index contributed by atoms with van der Waals surface area (Å²) in [7, 11) is 5.05. The zero-order valence-corrected chi connectivity index (χ0v) is 24.1. The lowest BCUT2D eigenvalue weighted by Gasteiger charge is -2.22. The van der Waals surface area contributed by atoms with Gasteiger partial charge in [0.25, 0.3) is 0 Å². The minimum Gasteiger partial charge on any atom is -0.497 e. The van der Waals surface area contributed by atoms with E-state index in [0.29, 0.717) is 41.1 Å². The van der Waals surface area contributed by atoms with E-state index in [9.17, 15) is 4.79 Å². The Morgan fingerprint density at radius 2 is 1.95 bits per heavy atom. The molecule has 212 valence electrons. The van der Waals surface area contributed by atoms with E-state index in [1.54, 1.807) is 18.0 Å². The van der Waals surface area contributed by atoms with E-state index in [2.05, 4.69) is 5.10 Å². The Balaban J connectivity index is 1.52. The van der Waals surface area contributed by atoms with E-state index < -0.39 is 0 Å². The molecular formula is C29H30ClN7O4. The molecule has 1 aliphatic heterocycles. The number of hydrogen-bond donors (Lipinski definition) is 0. The molecule has 1 fully saturated rings. The highest BCUT2D eigenvalue weighted by atomic mass is 35.5. The van der Waals surface area contributed by atoms with E-state index in [-0.39, 0.29) is 17.8 Å². The van der Waals surface area contributed by atoms with Crippen molar-refractivity contribution in [2.24, 2.45) is 7.05 Å². The summed E-state index contributed by atoms with van der Waals surface area (Å²) >= 11 is 6.49. The first kappa shape index (κ1) is 27.0. The molecule has 6 rings (SSSR count). The van der Waals surface area contributed by atoms with Gasteiger partial charge in [0.2, 0.25) is 5.88 Å². The number of rotatable bonds is 8. The summed E-state index contributed by atoms with van der Waals surface area (Å²) < 4.78 is 22.1. The number of aromatic nitrogens is 7. The van der Waals surface area contributed by atoms with Crippen LogP contribution >= 0.6 is 11.6 Å². The quantitative estimate of drug-likeness (QED) is 0.229. The van der Waals surface area contributed by atoms with Crippen LogP contribution in [0.4, 0.5) is 0 Å². The number of pyridine rings is 1. The molecule has 0 N–H and O–H groups in total. The van der Waals surface area contributed by atoms with Crippen molar-refractivity contribution in [1.82, 2.24) is 34.1 Å². The van der Waals surface area contributed by atoms with Gasteiger partial charge in [0.15, 0.2) is 17.4 Å². The monoisotopic (exact) mass is 575 g/mol. The van der Waals surface area contributed by atoms with Crippen molar-refractivity contribution < 1.29 is 19.0 Å². The lowest BCUT2D eigenvalue weighted by molar-refractivity contribution is -0.0394. The summed E-state index contributed by atoms with van der Waals surface area (Å²) in [4.78, 5) is 22.2. The zero-order chi connectivity index (χ0) is 28.7. The second-order valence-electron chi connectivity index (χ2n) is 9.98. The van der Waals surface area contributed by atoms with Crippen molar-refractivity contribution in [2.45, 2.75) is 39.0 Å². The molecule has 41 heavy (non-hydrogen) atoms. The maximum atomic E-state index is 12.7. The number of ether oxygens (including phenoxy) is 3. The Labute approximate surface area is 241 Å². The van der Waals surface area contributed by atoms with Gasteiger partial charge < -0.3 is 18.8 Å². The maximum Gasteiger partial charge on any atom is 0.233 e. The first-order chi connectivity index (χ1) is 19.9. The number of halogens is 1. The number of ketones is 1. The standard InChI is InChI=1S/C29H30ClN7O4/c1-17(38)28-33-27(34-37(28)15-18-8-10-20(39-3)11-9-18)26-24(19-14-31-36(16-19)23-7-5-6-12-41-23)25-22(35(26)2)13-21(30)29(32-25)40-4/h8-11,13-14,16,23H,5-7,12,15H2,1-4H3. The Morgan fingerprint density at radius 1 is 1.15 bits per heavy atom. The average molecular weight is 576 g/mol. The SMILES string of the molecule is COc1ccc(Cn2nc(-c3c(-c4cnn(C5CCCCO5)c4)c4nc(OC)c(Cl)cc4n3C)nc2C(C)=O)cc1. The van der Waals surface area contributed by atoms with Crippen LogP contribution in [0.5, 0.6) is 11.6 Å². The minimum absolute atomic E-state index is 0.126. The van der Waals surface area contributed by atoms with Gasteiger partial charge >= 0.3 is 0 Å². The number of benzene rings is 1. The summed E-state index contributed by atoms with van der Waals surface area (Å²) in [5, 5.41) is 9.85. The van der Waals surface area contributed by atoms with Gasteiger partial charge in [-0.05, 0) is 43.0 Å². The lowest BCUT2D eigenvalue weighted by Crippen LogP contribution is -2.18. The topological polar surface area (TPSA) is 111 Å². The third kappa shape index (κ3) is 4.95. The normalized spacial score (nSPS) is 15.4. The van der Waals surface area contributed by atoms with Crippen molar-refractivity contribution in [1.29, 1.82) is 0 Å². The smallest absolute Gasteiger partial charge is 0.233 e. The molecule has 1 aromatic carbocycles. The molecule has 1 saturated heterocycles. The number of aryl methyl sites for hydroxylation is 1. The van der Waals surface area contributed by atoms with Gasteiger partial charge in [0.1, 0.15) is 22.5 Å². The van der Waals surface area contributed by atoms with E-state index >= 15 is 0 Å². The van der Waals surface area contributed by atoms with Crippen molar-refractivity contribution in [3.63, 3.8) is 0 Å². The number of nitrogens with zero attached hydrogens (tertiary/aromatic N) is 7. The first-order valence-corrected chi connectivity index (χ1v) is 13.7. The summed E-state index contributed by atoms with van der Waals surface area (Å²) in [5.74, 6) is 1.50. The number of carbonyl (C=O) groups is 1. The molecule has 0 radical (unpaired) electrons. The van der Waals surface area contributed by atoms with Crippen LogP contribution in [0.25, 0.3) is 33.7 Å². The van der Waals surface area contributed by atoms with E-state index in [1.807, 2.05) is 52.8 Å². The molecule has 0 saturated carbocycles. The Hall–Kier alpha value is -4.22. The Kier molecular flexibility index (Phi) is 7.22. The van der Waals surface area contributed by atoms with Crippen LogP contribution in [0.3, 0.4) is 0 Å². The highest BCUT2D eigenvalue weighted by molar-refractivity contribution is 6.32. The van der Waals surface area contributed by atoms with Crippen LogP contribution in [0, 0.1) is 0 Å². The van der Waals surface area contributed by atoms with Crippen LogP contribution in [0.15, 0.2) is 42.7 Å². The van der Waals surface area contributed by atoms with Gasteiger partial charge in [-0.15, -0.1) is 5.10 Å².